The van der Waals surface area contributed by atoms with Crippen molar-refractivity contribution >= 4 is 23.1 Å². The SMILES string of the molecule is Clc1ccc(-c2ccsn2)cc1. The maximum atomic E-state index is 5.76. The topological polar surface area (TPSA) is 12.9 Å². The van der Waals surface area contributed by atoms with Gasteiger partial charge in [0.15, 0.2) is 0 Å². The van der Waals surface area contributed by atoms with E-state index in [0.717, 1.165) is 16.3 Å². The Kier molecular flexibility index (Phi) is 2.11. The van der Waals surface area contributed by atoms with Crippen molar-refractivity contribution in [3.05, 3.63) is 40.7 Å². The van der Waals surface area contributed by atoms with Crippen LogP contribution in [0.15, 0.2) is 35.7 Å². The summed E-state index contributed by atoms with van der Waals surface area (Å²) in [4.78, 5) is 0. The van der Waals surface area contributed by atoms with E-state index < -0.39 is 0 Å². The van der Waals surface area contributed by atoms with E-state index in [1.165, 1.54) is 11.5 Å². The summed E-state index contributed by atoms with van der Waals surface area (Å²) in [6, 6.07) is 9.68. The minimum Gasteiger partial charge on any atom is -0.193 e. The van der Waals surface area contributed by atoms with Gasteiger partial charge in [-0.2, -0.15) is 4.37 Å². The van der Waals surface area contributed by atoms with E-state index in [1.54, 1.807) is 0 Å². The molecule has 0 atom stereocenters. The smallest absolute Gasteiger partial charge is 0.0840 e. The molecule has 1 heterocycles. The highest BCUT2D eigenvalue weighted by Crippen LogP contribution is 2.20. The first-order chi connectivity index (χ1) is 5.86. The van der Waals surface area contributed by atoms with Crippen LogP contribution in [0.4, 0.5) is 0 Å². The molecule has 0 aliphatic rings. The number of rotatable bonds is 1. The van der Waals surface area contributed by atoms with Gasteiger partial charge in [-0.1, -0.05) is 23.7 Å². The highest BCUT2D eigenvalue weighted by Gasteiger charge is 1.97. The maximum absolute atomic E-state index is 5.76. The molecule has 0 N–H and O–H groups in total. The number of hydrogen-bond acceptors (Lipinski definition) is 2. The third-order valence-corrected chi connectivity index (χ3v) is 2.39. The normalized spacial score (nSPS) is 10.1. The van der Waals surface area contributed by atoms with Crippen LogP contribution in [0.3, 0.4) is 0 Å². The van der Waals surface area contributed by atoms with Gasteiger partial charge in [0.1, 0.15) is 0 Å². The molecule has 0 radical (unpaired) electrons. The number of nitrogens with zero attached hydrogens (tertiary/aromatic N) is 1. The molecule has 0 unspecified atom stereocenters. The number of aromatic nitrogens is 1. The highest BCUT2D eigenvalue weighted by molar-refractivity contribution is 7.03. The highest BCUT2D eigenvalue weighted by atomic mass is 35.5. The molecule has 0 aliphatic heterocycles. The third kappa shape index (κ3) is 1.49. The lowest BCUT2D eigenvalue weighted by Gasteiger charge is -1.94. The zero-order valence-electron chi connectivity index (χ0n) is 6.20. The Balaban J connectivity index is 2.43. The number of halogens is 1. The third-order valence-electron chi connectivity index (χ3n) is 1.58. The van der Waals surface area contributed by atoms with Crippen LogP contribution < -0.4 is 0 Å². The summed E-state index contributed by atoms with van der Waals surface area (Å²) in [6.07, 6.45) is 0. The van der Waals surface area contributed by atoms with Crippen LogP contribution >= 0.6 is 23.1 Å². The first kappa shape index (κ1) is 7.77. The molecule has 1 aromatic heterocycles. The van der Waals surface area contributed by atoms with Crippen molar-refractivity contribution in [2.45, 2.75) is 0 Å². The first-order valence-electron chi connectivity index (χ1n) is 3.52. The van der Waals surface area contributed by atoms with Gasteiger partial charge in [0.25, 0.3) is 0 Å². The van der Waals surface area contributed by atoms with Gasteiger partial charge in [-0.05, 0) is 29.7 Å². The van der Waals surface area contributed by atoms with Gasteiger partial charge < -0.3 is 0 Å². The van der Waals surface area contributed by atoms with Crippen molar-refractivity contribution in [1.82, 2.24) is 4.37 Å². The predicted molar refractivity (Wildman–Crippen MR) is 52.6 cm³/mol. The first-order valence-corrected chi connectivity index (χ1v) is 4.74. The molecule has 0 bridgehead atoms. The molecule has 2 rings (SSSR count). The summed E-state index contributed by atoms with van der Waals surface area (Å²) in [5.74, 6) is 0. The standard InChI is InChI=1S/C9H6ClNS/c10-8-3-1-7(2-4-8)9-5-6-12-11-9/h1-6H. The van der Waals surface area contributed by atoms with Gasteiger partial charge in [0, 0.05) is 16.0 Å². The lowest BCUT2D eigenvalue weighted by Crippen LogP contribution is -1.74. The van der Waals surface area contributed by atoms with Gasteiger partial charge in [-0.15, -0.1) is 0 Å². The molecule has 0 fully saturated rings. The molecule has 1 nitrogen and oxygen atoms in total. The van der Waals surface area contributed by atoms with E-state index in [1.807, 2.05) is 35.7 Å². The largest absolute Gasteiger partial charge is 0.193 e. The van der Waals surface area contributed by atoms with Crippen molar-refractivity contribution in [3.63, 3.8) is 0 Å². The summed E-state index contributed by atoms with van der Waals surface area (Å²) in [6.45, 7) is 0. The molecule has 60 valence electrons. The zero-order chi connectivity index (χ0) is 8.39. The van der Waals surface area contributed by atoms with E-state index >= 15 is 0 Å². The fourth-order valence-electron chi connectivity index (χ4n) is 0.982. The molecule has 0 aliphatic carbocycles. The Hall–Kier alpha value is -0.860. The minimum absolute atomic E-state index is 0.758. The van der Waals surface area contributed by atoms with E-state index in [-0.39, 0.29) is 0 Å². The molecule has 0 saturated carbocycles. The second-order valence-corrected chi connectivity index (χ2v) is 3.49. The molecular formula is C9H6ClNS. The average molecular weight is 196 g/mol. The van der Waals surface area contributed by atoms with Crippen molar-refractivity contribution in [2.24, 2.45) is 0 Å². The summed E-state index contributed by atoms with van der Waals surface area (Å²) >= 11 is 7.21. The predicted octanol–water partition coefficient (Wildman–Crippen LogP) is 3.46. The summed E-state index contributed by atoms with van der Waals surface area (Å²) in [5.41, 5.74) is 2.12. The van der Waals surface area contributed by atoms with Crippen LogP contribution in [0.5, 0.6) is 0 Å². The van der Waals surface area contributed by atoms with Crippen molar-refractivity contribution in [1.29, 1.82) is 0 Å². The van der Waals surface area contributed by atoms with Crippen molar-refractivity contribution in [3.8, 4) is 11.3 Å². The number of hydrogen-bond donors (Lipinski definition) is 0. The van der Waals surface area contributed by atoms with Gasteiger partial charge in [0.05, 0.1) is 5.69 Å². The average Bonchev–Trinajstić information content (AvgIpc) is 2.58. The lowest BCUT2D eigenvalue weighted by atomic mass is 10.2. The Bertz CT molecular complexity index is 353. The van der Waals surface area contributed by atoms with E-state index in [2.05, 4.69) is 4.37 Å². The van der Waals surface area contributed by atoms with Crippen LogP contribution in [-0.2, 0) is 0 Å². The van der Waals surface area contributed by atoms with Gasteiger partial charge in [-0.3, -0.25) is 0 Å². The molecule has 3 heteroatoms. The van der Waals surface area contributed by atoms with Crippen LogP contribution in [-0.4, -0.2) is 4.37 Å². The second-order valence-electron chi connectivity index (χ2n) is 2.39. The van der Waals surface area contributed by atoms with E-state index in [9.17, 15) is 0 Å². The fraction of sp³-hybridized carbons (Fsp3) is 0. The zero-order valence-corrected chi connectivity index (χ0v) is 7.77. The minimum atomic E-state index is 0.758. The van der Waals surface area contributed by atoms with Crippen LogP contribution in [0.25, 0.3) is 11.3 Å². The Labute approximate surface area is 79.8 Å². The van der Waals surface area contributed by atoms with Crippen molar-refractivity contribution < 1.29 is 0 Å². The van der Waals surface area contributed by atoms with Crippen LogP contribution in [0, 0.1) is 0 Å². The molecule has 12 heavy (non-hydrogen) atoms. The monoisotopic (exact) mass is 195 g/mol. The molecule has 0 amide bonds. The van der Waals surface area contributed by atoms with Gasteiger partial charge in [-0.25, -0.2) is 0 Å². The van der Waals surface area contributed by atoms with Crippen LogP contribution in [0.2, 0.25) is 5.02 Å². The molecule has 1 aromatic carbocycles. The van der Waals surface area contributed by atoms with E-state index in [0.29, 0.717) is 0 Å². The molecule has 0 saturated heterocycles. The Morgan fingerprint density at radius 3 is 2.42 bits per heavy atom. The number of benzene rings is 1. The quantitative estimate of drug-likeness (QED) is 0.679. The summed E-state index contributed by atoms with van der Waals surface area (Å²) in [5, 5.41) is 2.72. The maximum Gasteiger partial charge on any atom is 0.0840 e. The lowest BCUT2D eigenvalue weighted by molar-refractivity contribution is 1.52. The van der Waals surface area contributed by atoms with Gasteiger partial charge >= 0.3 is 0 Å². The Morgan fingerprint density at radius 1 is 1.08 bits per heavy atom. The molecule has 2 aromatic rings. The van der Waals surface area contributed by atoms with Crippen molar-refractivity contribution in [2.75, 3.05) is 0 Å². The Morgan fingerprint density at radius 2 is 1.83 bits per heavy atom. The van der Waals surface area contributed by atoms with Crippen LogP contribution in [0.1, 0.15) is 0 Å². The molecule has 0 spiro atoms. The second kappa shape index (κ2) is 3.25. The fourth-order valence-corrected chi connectivity index (χ4v) is 1.64. The van der Waals surface area contributed by atoms with Gasteiger partial charge in [0.2, 0.25) is 0 Å². The summed E-state index contributed by atoms with van der Waals surface area (Å²) in [7, 11) is 0. The van der Waals surface area contributed by atoms with E-state index in [4.69, 9.17) is 11.6 Å². The molecular weight excluding hydrogens is 190 g/mol. The summed E-state index contributed by atoms with van der Waals surface area (Å²) < 4.78 is 4.21.